The Hall–Kier alpha value is -1.60. The van der Waals surface area contributed by atoms with Crippen LogP contribution in [0.5, 0.6) is 0 Å². The van der Waals surface area contributed by atoms with Gasteiger partial charge in [0.15, 0.2) is 0 Å². The molecule has 31 heavy (non-hydrogen) atoms. The lowest BCUT2D eigenvalue weighted by molar-refractivity contribution is 0.184. The Labute approximate surface area is 192 Å². The first-order chi connectivity index (χ1) is 14.7. The van der Waals surface area contributed by atoms with E-state index in [9.17, 15) is 0 Å². The molecule has 0 saturated carbocycles. The number of rotatable bonds is 13. The standard InChI is InChI=1S/C30H45O/c1-23(2)29(21-27-13-15-28(16-14-27)25(5)22-31-7)18-20-30(6,24(3)4)19-17-26-11-9-8-10-12-26/h8-16,20,23-25,29H,17-19,21-22H2,1-7H3. The molecule has 2 rings (SSSR count). The Kier molecular flexibility index (Phi) is 10.3. The van der Waals surface area contributed by atoms with Gasteiger partial charge in [-0.2, -0.15) is 0 Å². The predicted octanol–water partition coefficient (Wildman–Crippen LogP) is 8.14. The zero-order chi connectivity index (χ0) is 22.9. The van der Waals surface area contributed by atoms with Crippen LogP contribution in [0.1, 0.15) is 77.0 Å². The van der Waals surface area contributed by atoms with Gasteiger partial charge in [-0.15, -0.1) is 0 Å². The van der Waals surface area contributed by atoms with Gasteiger partial charge in [-0.1, -0.05) is 96.1 Å². The first-order valence-electron chi connectivity index (χ1n) is 12.2. The van der Waals surface area contributed by atoms with Crippen molar-refractivity contribution in [2.24, 2.45) is 23.2 Å². The van der Waals surface area contributed by atoms with E-state index < -0.39 is 0 Å². The number of ether oxygens (including phenoxy) is 1. The van der Waals surface area contributed by atoms with Crippen LogP contribution in [0.3, 0.4) is 0 Å². The molecule has 0 fully saturated rings. The summed E-state index contributed by atoms with van der Waals surface area (Å²) in [5, 5.41) is 0. The summed E-state index contributed by atoms with van der Waals surface area (Å²) in [6.07, 6.45) is 7.36. The van der Waals surface area contributed by atoms with Gasteiger partial charge in [-0.25, -0.2) is 0 Å². The molecular formula is C30H45O. The van der Waals surface area contributed by atoms with E-state index in [4.69, 9.17) is 4.74 Å². The average Bonchev–Trinajstić information content (AvgIpc) is 2.76. The Morgan fingerprint density at radius 1 is 0.871 bits per heavy atom. The van der Waals surface area contributed by atoms with E-state index in [0.29, 0.717) is 23.7 Å². The molecule has 0 bridgehead atoms. The first kappa shape index (κ1) is 25.7. The second kappa shape index (κ2) is 12.4. The molecule has 0 heterocycles. The van der Waals surface area contributed by atoms with Crippen LogP contribution < -0.4 is 0 Å². The van der Waals surface area contributed by atoms with Crippen molar-refractivity contribution in [1.29, 1.82) is 0 Å². The van der Waals surface area contributed by atoms with Crippen LogP contribution in [0, 0.1) is 29.6 Å². The van der Waals surface area contributed by atoms with E-state index in [2.05, 4.69) is 103 Å². The fourth-order valence-electron chi connectivity index (χ4n) is 4.33. The molecule has 2 aromatic carbocycles. The van der Waals surface area contributed by atoms with Crippen molar-refractivity contribution in [1.82, 2.24) is 0 Å². The minimum atomic E-state index is 0.266. The van der Waals surface area contributed by atoms with Gasteiger partial charge in [0.2, 0.25) is 0 Å². The quantitative estimate of drug-likeness (QED) is 0.317. The SMILES string of the molecule is COCC(C)c1ccc(CC(C[CH]C(C)(CCc2ccccc2)C(C)C)C(C)C)cc1. The van der Waals surface area contributed by atoms with Crippen molar-refractivity contribution < 1.29 is 4.74 Å². The lowest BCUT2D eigenvalue weighted by Gasteiger charge is -2.36. The minimum absolute atomic E-state index is 0.266. The van der Waals surface area contributed by atoms with Gasteiger partial charge in [0.05, 0.1) is 6.61 Å². The fourth-order valence-corrected chi connectivity index (χ4v) is 4.33. The number of methoxy groups -OCH3 is 1. The van der Waals surface area contributed by atoms with Crippen LogP contribution in [0.15, 0.2) is 54.6 Å². The molecule has 1 radical (unpaired) electrons. The number of hydrogen-bond acceptors (Lipinski definition) is 1. The lowest BCUT2D eigenvalue weighted by atomic mass is 9.69. The summed E-state index contributed by atoms with van der Waals surface area (Å²) >= 11 is 0. The van der Waals surface area contributed by atoms with E-state index in [1.165, 1.54) is 29.5 Å². The maximum atomic E-state index is 5.31. The summed E-state index contributed by atoms with van der Waals surface area (Å²) in [5.74, 6) is 2.45. The third-order valence-corrected chi connectivity index (χ3v) is 7.41. The number of benzene rings is 2. The Morgan fingerprint density at radius 3 is 2.06 bits per heavy atom. The monoisotopic (exact) mass is 421 g/mol. The van der Waals surface area contributed by atoms with Crippen molar-refractivity contribution in [3.05, 3.63) is 77.7 Å². The molecule has 0 saturated heterocycles. The summed E-state index contributed by atoms with van der Waals surface area (Å²) in [4.78, 5) is 0. The van der Waals surface area contributed by atoms with Crippen molar-refractivity contribution >= 4 is 0 Å². The van der Waals surface area contributed by atoms with Crippen LogP contribution in [-0.4, -0.2) is 13.7 Å². The fraction of sp³-hybridized carbons (Fsp3) is 0.567. The molecule has 2 aromatic rings. The smallest absolute Gasteiger partial charge is 0.0528 e. The molecule has 0 aliphatic carbocycles. The van der Waals surface area contributed by atoms with E-state index in [1.807, 2.05) is 0 Å². The Bertz CT molecular complexity index is 731. The summed E-state index contributed by atoms with van der Waals surface area (Å²) in [5.41, 5.74) is 4.54. The van der Waals surface area contributed by atoms with Gasteiger partial charge in [-0.05, 0) is 72.0 Å². The van der Waals surface area contributed by atoms with Crippen LogP contribution in [-0.2, 0) is 17.6 Å². The highest BCUT2D eigenvalue weighted by atomic mass is 16.5. The molecule has 3 atom stereocenters. The molecule has 0 N–H and O–H groups in total. The van der Waals surface area contributed by atoms with Gasteiger partial charge in [0, 0.05) is 13.0 Å². The second-order valence-electron chi connectivity index (χ2n) is 10.4. The summed E-state index contributed by atoms with van der Waals surface area (Å²) in [7, 11) is 1.78. The first-order valence-corrected chi connectivity index (χ1v) is 12.2. The van der Waals surface area contributed by atoms with Crippen molar-refractivity contribution in [2.75, 3.05) is 13.7 Å². The maximum absolute atomic E-state index is 5.31. The van der Waals surface area contributed by atoms with E-state index >= 15 is 0 Å². The molecule has 0 aromatic heterocycles. The lowest BCUT2D eigenvalue weighted by Crippen LogP contribution is -2.27. The van der Waals surface area contributed by atoms with E-state index in [1.54, 1.807) is 7.11 Å². The highest BCUT2D eigenvalue weighted by Gasteiger charge is 2.29. The second-order valence-corrected chi connectivity index (χ2v) is 10.4. The summed E-state index contributed by atoms with van der Waals surface area (Å²) in [6, 6.07) is 20.2. The molecule has 0 spiro atoms. The highest BCUT2D eigenvalue weighted by molar-refractivity contribution is 5.25. The molecule has 3 unspecified atom stereocenters. The number of aryl methyl sites for hydroxylation is 1. The largest absolute Gasteiger partial charge is 0.384 e. The molecule has 0 aliphatic rings. The molecule has 1 nitrogen and oxygen atoms in total. The molecular weight excluding hydrogens is 376 g/mol. The van der Waals surface area contributed by atoms with Crippen molar-refractivity contribution in [2.45, 2.75) is 73.1 Å². The van der Waals surface area contributed by atoms with Gasteiger partial charge in [0.25, 0.3) is 0 Å². The summed E-state index contributed by atoms with van der Waals surface area (Å²) in [6.45, 7) is 15.0. The molecule has 0 amide bonds. The van der Waals surface area contributed by atoms with Crippen LogP contribution in [0.2, 0.25) is 0 Å². The van der Waals surface area contributed by atoms with E-state index in [0.717, 1.165) is 19.4 Å². The number of hydrogen-bond donors (Lipinski definition) is 0. The maximum Gasteiger partial charge on any atom is 0.0528 e. The third-order valence-electron chi connectivity index (χ3n) is 7.41. The predicted molar refractivity (Wildman–Crippen MR) is 135 cm³/mol. The average molecular weight is 422 g/mol. The molecule has 171 valence electrons. The van der Waals surface area contributed by atoms with Gasteiger partial charge in [-0.3, -0.25) is 0 Å². The van der Waals surface area contributed by atoms with Crippen LogP contribution in [0.4, 0.5) is 0 Å². The normalized spacial score (nSPS) is 15.8. The Morgan fingerprint density at radius 2 is 1.52 bits per heavy atom. The topological polar surface area (TPSA) is 9.23 Å². The van der Waals surface area contributed by atoms with Crippen molar-refractivity contribution in [3.8, 4) is 0 Å². The zero-order valence-electron chi connectivity index (χ0n) is 21.0. The van der Waals surface area contributed by atoms with Gasteiger partial charge < -0.3 is 4.74 Å². The van der Waals surface area contributed by atoms with Crippen LogP contribution in [0.25, 0.3) is 0 Å². The van der Waals surface area contributed by atoms with Gasteiger partial charge >= 0.3 is 0 Å². The van der Waals surface area contributed by atoms with Crippen molar-refractivity contribution in [3.63, 3.8) is 0 Å². The molecule has 0 aliphatic heterocycles. The third kappa shape index (κ3) is 8.11. The minimum Gasteiger partial charge on any atom is -0.384 e. The highest BCUT2D eigenvalue weighted by Crippen LogP contribution is 2.39. The Balaban J connectivity index is 1.99. The zero-order valence-corrected chi connectivity index (χ0v) is 21.0. The van der Waals surface area contributed by atoms with Crippen LogP contribution >= 0.6 is 0 Å². The molecule has 1 heteroatoms. The van der Waals surface area contributed by atoms with E-state index in [-0.39, 0.29) is 5.41 Å². The van der Waals surface area contributed by atoms with Gasteiger partial charge in [0.1, 0.15) is 0 Å². The summed E-state index contributed by atoms with van der Waals surface area (Å²) < 4.78 is 5.31.